The third-order valence-electron chi connectivity index (χ3n) is 3.24. The first-order chi connectivity index (χ1) is 9.14. The lowest BCUT2D eigenvalue weighted by Crippen LogP contribution is -2.35. The Kier molecular flexibility index (Phi) is 4.87. The molecule has 2 rings (SSSR count). The molecular weight excluding hydrogens is 266 g/mol. The van der Waals surface area contributed by atoms with Gasteiger partial charge in [-0.1, -0.05) is 0 Å². The van der Waals surface area contributed by atoms with E-state index < -0.39 is 10.0 Å². The zero-order valence-corrected chi connectivity index (χ0v) is 11.6. The Morgan fingerprint density at radius 1 is 1.26 bits per heavy atom. The summed E-state index contributed by atoms with van der Waals surface area (Å²) in [7, 11) is -3.44. The van der Waals surface area contributed by atoms with E-state index in [4.69, 9.17) is 5.11 Å². The third kappa shape index (κ3) is 3.50. The highest BCUT2D eigenvalue weighted by Gasteiger charge is 2.26. The smallest absolute Gasteiger partial charge is 0.244 e. The van der Waals surface area contributed by atoms with E-state index in [9.17, 15) is 8.42 Å². The van der Waals surface area contributed by atoms with Crippen LogP contribution >= 0.6 is 0 Å². The van der Waals surface area contributed by atoms with Crippen LogP contribution in [0.15, 0.2) is 29.4 Å². The molecule has 1 aliphatic rings. The molecule has 1 aromatic rings. The van der Waals surface area contributed by atoms with Crippen LogP contribution in [0.2, 0.25) is 0 Å². The molecule has 1 aliphatic heterocycles. The highest BCUT2D eigenvalue weighted by molar-refractivity contribution is 7.89. The topological polar surface area (TPSA) is 73.7 Å². The quantitative estimate of drug-likeness (QED) is 0.827. The molecule has 6 nitrogen and oxygen atoms in total. The maximum atomic E-state index is 12.4. The normalized spacial score (nSPS) is 19.2. The molecule has 0 spiro atoms. The molecule has 7 heteroatoms. The molecule has 0 amide bonds. The number of hydrogen-bond donors (Lipinski definition) is 1. The Balaban J connectivity index is 2.10. The lowest BCUT2D eigenvalue weighted by Gasteiger charge is -2.21. The van der Waals surface area contributed by atoms with Gasteiger partial charge in [0.05, 0.1) is 6.61 Å². The van der Waals surface area contributed by atoms with Crippen LogP contribution in [0, 0.1) is 0 Å². The van der Waals surface area contributed by atoms with Gasteiger partial charge < -0.3 is 5.11 Å². The van der Waals surface area contributed by atoms with Crippen LogP contribution in [0.3, 0.4) is 0 Å². The van der Waals surface area contributed by atoms with E-state index in [2.05, 4.69) is 9.88 Å². The highest BCUT2D eigenvalue weighted by Crippen LogP contribution is 2.16. The maximum absolute atomic E-state index is 12.4. The van der Waals surface area contributed by atoms with Crippen LogP contribution in [0.4, 0.5) is 0 Å². The van der Waals surface area contributed by atoms with Gasteiger partial charge in [0.15, 0.2) is 0 Å². The number of sulfonamides is 1. The number of pyridine rings is 1. The van der Waals surface area contributed by atoms with Crippen LogP contribution in [-0.4, -0.2) is 67.0 Å². The summed E-state index contributed by atoms with van der Waals surface area (Å²) in [6.07, 6.45) is 3.72. The van der Waals surface area contributed by atoms with Crippen molar-refractivity contribution in [3.05, 3.63) is 24.5 Å². The van der Waals surface area contributed by atoms with Crippen molar-refractivity contribution in [1.29, 1.82) is 0 Å². The summed E-state index contributed by atoms with van der Waals surface area (Å²) in [5.74, 6) is 0. The molecule has 0 saturated carbocycles. The number of nitrogens with zero attached hydrogens (tertiary/aromatic N) is 3. The van der Waals surface area contributed by atoms with Crippen molar-refractivity contribution in [3.8, 4) is 0 Å². The van der Waals surface area contributed by atoms with Crippen molar-refractivity contribution in [2.45, 2.75) is 11.3 Å². The van der Waals surface area contributed by atoms with Gasteiger partial charge in [0.2, 0.25) is 10.0 Å². The van der Waals surface area contributed by atoms with Crippen LogP contribution < -0.4 is 0 Å². The fraction of sp³-hybridized carbons (Fsp3) is 0.583. The first-order valence-electron chi connectivity index (χ1n) is 6.38. The molecule has 0 aromatic carbocycles. The zero-order chi connectivity index (χ0) is 13.7. The molecule has 1 N–H and O–H groups in total. The van der Waals surface area contributed by atoms with Gasteiger partial charge in [-0.15, -0.1) is 0 Å². The van der Waals surface area contributed by atoms with E-state index in [0.29, 0.717) is 26.2 Å². The zero-order valence-electron chi connectivity index (χ0n) is 10.8. The van der Waals surface area contributed by atoms with Crippen molar-refractivity contribution in [1.82, 2.24) is 14.2 Å². The SMILES string of the molecule is O=S(=O)(c1cccnc1)N1CCCN(CCO)CC1. The predicted molar refractivity (Wildman–Crippen MR) is 71.1 cm³/mol. The Bertz CT molecular complexity index is 492. The molecule has 1 aromatic heterocycles. The number of aromatic nitrogens is 1. The van der Waals surface area contributed by atoms with Crippen molar-refractivity contribution in [3.63, 3.8) is 0 Å². The minimum Gasteiger partial charge on any atom is -0.395 e. The summed E-state index contributed by atoms with van der Waals surface area (Å²) in [4.78, 5) is 6.19. The second kappa shape index (κ2) is 6.42. The van der Waals surface area contributed by atoms with Crippen molar-refractivity contribution in [2.75, 3.05) is 39.3 Å². The van der Waals surface area contributed by atoms with Gasteiger partial charge in [0.1, 0.15) is 4.90 Å². The third-order valence-corrected chi connectivity index (χ3v) is 5.12. The minimum absolute atomic E-state index is 0.107. The Morgan fingerprint density at radius 2 is 2.11 bits per heavy atom. The summed E-state index contributed by atoms with van der Waals surface area (Å²) in [5.41, 5.74) is 0. The van der Waals surface area contributed by atoms with E-state index in [1.165, 1.54) is 10.5 Å². The van der Waals surface area contributed by atoms with Crippen molar-refractivity contribution >= 4 is 10.0 Å². The van der Waals surface area contributed by atoms with Crippen molar-refractivity contribution in [2.24, 2.45) is 0 Å². The minimum atomic E-state index is -3.44. The number of β-amino-alcohol motifs (C(OH)–C–C–N with tert-alkyl or cyclic N) is 1. The molecule has 1 fully saturated rings. The summed E-state index contributed by atoms with van der Waals surface area (Å²) >= 11 is 0. The molecular formula is C12H19N3O3S. The van der Waals surface area contributed by atoms with Gasteiger partial charge in [0.25, 0.3) is 0 Å². The van der Waals surface area contributed by atoms with Gasteiger partial charge in [0, 0.05) is 38.6 Å². The standard InChI is InChI=1S/C12H19N3O3S/c16-10-9-14-5-2-6-15(8-7-14)19(17,18)12-3-1-4-13-11-12/h1,3-4,11,16H,2,5-10H2. The van der Waals surface area contributed by atoms with E-state index in [-0.39, 0.29) is 11.5 Å². The lowest BCUT2D eigenvalue weighted by molar-refractivity contribution is 0.202. The summed E-state index contributed by atoms with van der Waals surface area (Å²) in [6.45, 7) is 3.15. The van der Waals surface area contributed by atoms with Gasteiger partial charge >= 0.3 is 0 Å². The molecule has 106 valence electrons. The fourth-order valence-corrected chi connectivity index (χ4v) is 3.64. The molecule has 1 saturated heterocycles. The summed E-state index contributed by atoms with van der Waals surface area (Å²) in [5, 5.41) is 8.93. The first-order valence-corrected chi connectivity index (χ1v) is 7.82. The Hall–Kier alpha value is -1.02. The largest absolute Gasteiger partial charge is 0.395 e. The van der Waals surface area contributed by atoms with Gasteiger partial charge in [-0.25, -0.2) is 8.42 Å². The van der Waals surface area contributed by atoms with Gasteiger partial charge in [-0.2, -0.15) is 4.31 Å². The maximum Gasteiger partial charge on any atom is 0.244 e. The second-order valence-electron chi connectivity index (χ2n) is 4.51. The van der Waals surface area contributed by atoms with Crippen LogP contribution in [0.25, 0.3) is 0 Å². The average molecular weight is 285 g/mol. The van der Waals surface area contributed by atoms with Gasteiger partial charge in [-0.05, 0) is 25.1 Å². The first kappa shape index (κ1) is 14.4. The lowest BCUT2D eigenvalue weighted by atomic mass is 10.4. The van der Waals surface area contributed by atoms with Crippen LogP contribution in [0.5, 0.6) is 0 Å². The Labute approximate surface area is 113 Å². The molecule has 0 unspecified atom stereocenters. The fourth-order valence-electron chi connectivity index (χ4n) is 2.20. The number of hydrogen-bond acceptors (Lipinski definition) is 5. The number of aliphatic hydroxyl groups excluding tert-OH is 1. The molecule has 0 aliphatic carbocycles. The summed E-state index contributed by atoms with van der Waals surface area (Å²) < 4.78 is 26.3. The van der Waals surface area contributed by atoms with E-state index >= 15 is 0 Å². The second-order valence-corrected chi connectivity index (χ2v) is 6.45. The average Bonchev–Trinajstić information content (AvgIpc) is 2.66. The van der Waals surface area contributed by atoms with Gasteiger partial charge in [-0.3, -0.25) is 9.88 Å². The summed E-state index contributed by atoms with van der Waals surface area (Å²) in [6, 6.07) is 3.20. The number of aliphatic hydroxyl groups is 1. The predicted octanol–water partition coefficient (Wildman–Crippen LogP) is -0.230. The monoisotopic (exact) mass is 285 g/mol. The van der Waals surface area contributed by atoms with E-state index in [1.54, 1.807) is 18.3 Å². The highest BCUT2D eigenvalue weighted by atomic mass is 32.2. The van der Waals surface area contributed by atoms with Crippen molar-refractivity contribution < 1.29 is 13.5 Å². The van der Waals surface area contributed by atoms with Crippen LogP contribution in [0.1, 0.15) is 6.42 Å². The van der Waals surface area contributed by atoms with Crippen LogP contribution in [-0.2, 0) is 10.0 Å². The van der Waals surface area contributed by atoms with E-state index in [1.807, 2.05) is 0 Å². The molecule has 0 radical (unpaired) electrons. The molecule has 0 bridgehead atoms. The molecule has 2 heterocycles. The molecule has 0 atom stereocenters. The Morgan fingerprint density at radius 3 is 2.79 bits per heavy atom. The molecule has 19 heavy (non-hydrogen) atoms. The van der Waals surface area contributed by atoms with E-state index in [0.717, 1.165) is 13.0 Å². The number of rotatable bonds is 4.